The molecular weight excluding hydrogens is 266 g/mol. The van der Waals surface area contributed by atoms with E-state index in [-0.39, 0.29) is 30.2 Å². The van der Waals surface area contributed by atoms with Gasteiger partial charge in [0.1, 0.15) is 12.3 Å². The number of carbonyl (C=O) groups is 1. The lowest BCUT2D eigenvalue weighted by atomic mass is 10.1. The Kier molecular flexibility index (Phi) is 5.43. The van der Waals surface area contributed by atoms with E-state index in [1.54, 1.807) is 6.07 Å². The highest BCUT2D eigenvalue weighted by atomic mass is 16.6. The summed E-state index contributed by atoms with van der Waals surface area (Å²) < 4.78 is 5.19. The highest BCUT2D eigenvalue weighted by Gasteiger charge is 2.16. The number of nitro groups is 1. The third-order valence-corrected chi connectivity index (χ3v) is 2.38. The molecule has 1 amide bonds. The van der Waals surface area contributed by atoms with Crippen molar-refractivity contribution in [3.8, 4) is 11.8 Å². The molecule has 0 aliphatic heterocycles. The van der Waals surface area contributed by atoms with Crippen LogP contribution in [0.25, 0.3) is 0 Å². The van der Waals surface area contributed by atoms with E-state index in [1.165, 1.54) is 25.1 Å². The molecule has 0 heterocycles. The Morgan fingerprint density at radius 2 is 2.35 bits per heavy atom. The third kappa shape index (κ3) is 4.22. The monoisotopic (exact) mass is 279 g/mol. The van der Waals surface area contributed by atoms with Gasteiger partial charge >= 0.3 is 0 Å². The minimum absolute atomic E-state index is 0.133. The first-order chi connectivity index (χ1) is 9.45. The Balaban J connectivity index is 2.82. The summed E-state index contributed by atoms with van der Waals surface area (Å²) in [4.78, 5) is 21.3. The zero-order valence-corrected chi connectivity index (χ0v) is 10.7. The van der Waals surface area contributed by atoms with Crippen LogP contribution in [0.4, 0.5) is 5.69 Å². The molecule has 0 radical (unpaired) electrons. The number of rotatable bonds is 6. The molecule has 0 aliphatic carbocycles. The first-order valence-corrected chi connectivity index (χ1v) is 5.68. The smallest absolute Gasteiger partial charge is 0.270 e. The lowest BCUT2D eigenvalue weighted by Gasteiger charge is -2.12. The molecule has 8 nitrogen and oxygen atoms in total. The summed E-state index contributed by atoms with van der Waals surface area (Å²) >= 11 is 0. The van der Waals surface area contributed by atoms with Crippen LogP contribution in [0.1, 0.15) is 18.6 Å². The highest BCUT2D eigenvalue weighted by Crippen LogP contribution is 2.29. The molecule has 20 heavy (non-hydrogen) atoms. The van der Waals surface area contributed by atoms with Crippen molar-refractivity contribution < 1.29 is 19.6 Å². The summed E-state index contributed by atoms with van der Waals surface area (Å²) in [7, 11) is 0. The van der Waals surface area contributed by atoms with Gasteiger partial charge in [0.2, 0.25) is 0 Å². The summed E-state index contributed by atoms with van der Waals surface area (Å²) in [6.07, 6.45) is -0.980. The number of amides is 1. The second-order valence-corrected chi connectivity index (χ2v) is 3.88. The molecule has 0 fully saturated rings. The summed E-state index contributed by atoms with van der Waals surface area (Å²) in [6, 6.07) is 5.47. The predicted octanol–water partition coefficient (Wildman–Crippen LogP) is 0.667. The maximum absolute atomic E-state index is 11.3. The topological polar surface area (TPSA) is 125 Å². The first-order valence-electron chi connectivity index (χ1n) is 5.68. The number of hydrogen-bond acceptors (Lipinski definition) is 6. The van der Waals surface area contributed by atoms with Gasteiger partial charge in [-0.3, -0.25) is 14.9 Å². The average Bonchev–Trinajstić information content (AvgIpc) is 2.42. The van der Waals surface area contributed by atoms with E-state index >= 15 is 0 Å². The summed E-state index contributed by atoms with van der Waals surface area (Å²) in [6.45, 7) is 0.951. The van der Waals surface area contributed by atoms with Gasteiger partial charge in [-0.1, -0.05) is 0 Å². The summed E-state index contributed by atoms with van der Waals surface area (Å²) in [5.74, 6) is -0.320. The van der Waals surface area contributed by atoms with Crippen LogP contribution < -0.4 is 10.1 Å². The summed E-state index contributed by atoms with van der Waals surface area (Å²) in [5.41, 5.74) is 0.0365. The van der Waals surface area contributed by atoms with E-state index in [0.717, 1.165) is 0 Å². The minimum Gasteiger partial charge on any atom is -0.483 e. The van der Waals surface area contributed by atoms with Crippen LogP contribution in [0.2, 0.25) is 0 Å². The number of nitrogens with one attached hydrogen (secondary N) is 1. The summed E-state index contributed by atoms with van der Waals surface area (Å²) in [5, 5.41) is 30.8. The van der Waals surface area contributed by atoms with Crippen LogP contribution >= 0.6 is 0 Å². The van der Waals surface area contributed by atoms with Crippen molar-refractivity contribution in [3.63, 3.8) is 0 Å². The van der Waals surface area contributed by atoms with Crippen LogP contribution in [0, 0.1) is 21.4 Å². The van der Waals surface area contributed by atoms with Gasteiger partial charge in [0.15, 0.2) is 6.61 Å². The molecule has 1 unspecified atom stereocenters. The first kappa shape index (κ1) is 15.4. The Hall–Kier alpha value is -2.66. The molecule has 0 saturated heterocycles. The van der Waals surface area contributed by atoms with Crippen molar-refractivity contribution in [2.75, 3.05) is 13.2 Å². The van der Waals surface area contributed by atoms with Gasteiger partial charge in [-0.25, -0.2) is 0 Å². The van der Waals surface area contributed by atoms with Crippen molar-refractivity contribution in [1.82, 2.24) is 5.32 Å². The van der Waals surface area contributed by atoms with Gasteiger partial charge in [-0.05, 0) is 13.0 Å². The number of aliphatic hydroxyl groups excluding tert-OH is 1. The molecular formula is C12H13N3O5. The fraction of sp³-hybridized carbons (Fsp3) is 0.333. The minimum atomic E-state index is -0.980. The normalized spacial score (nSPS) is 11.2. The van der Waals surface area contributed by atoms with E-state index in [0.29, 0.717) is 0 Å². The number of hydrogen-bond donors (Lipinski definition) is 2. The van der Waals surface area contributed by atoms with Crippen molar-refractivity contribution in [1.29, 1.82) is 5.26 Å². The number of nitrogens with zero attached hydrogens (tertiary/aromatic N) is 2. The number of benzene rings is 1. The third-order valence-electron chi connectivity index (χ3n) is 2.38. The Morgan fingerprint density at radius 1 is 1.65 bits per heavy atom. The van der Waals surface area contributed by atoms with Gasteiger partial charge in [0.05, 0.1) is 17.1 Å². The van der Waals surface area contributed by atoms with Gasteiger partial charge in [-0.15, -0.1) is 0 Å². The highest BCUT2D eigenvalue weighted by molar-refractivity contribution is 5.77. The second-order valence-electron chi connectivity index (χ2n) is 3.88. The fourth-order valence-electron chi connectivity index (χ4n) is 1.44. The van der Waals surface area contributed by atoms with E-state index in [4.69, 9.17) is 10.00 Å². The zero-order chi connectivity index (χ0) is 15.1. The second kappa shape index (κ2) is 7.06. The Morgan fingerprint density at radius 3 is 2.90 bits per heavy atom. The number of nitro benzene ring substituents is 1. The van der Waals surface area contributed by atoms with Gasteiger partial charge in [-0.2, -0.15) is 5.26 Å². The van der Waals surface area contributed by atoms with Crippen LogP contribution in [0.15, 0.2) is 18.2 Å². The van der Waals surface area contributed by atoms with Gasteiger partial charge < -0.3 is 15.2 Å². The van der Waals surface area contributed by atoms with Crippen LogP contribution in [0.3, 0.4) is 0 Å². The molecule has 1 aromatic carbocycles. The van der Waals surface area contributed by atoms with Crippen LogP contribution in [0.5, 0.6) is 5.75 Å². The van der Waals surface area contributed by atoms with Crippen molar-refractivity contribution in [2.45, 2.75) is 13.0 Å². The molecule has 106 valence electrons. The number of aliphatic hydroxyl groups is 1. The van der Waals surface area contributed by atoms with E-state index in [1.807, 2.05) is 0 Å². The molecule has 1 rings (SSSR count). The van der Waals surface area contributed by atoms with E-state index < -0.39 is 16.9 Å². The molecule has 8 heteroatoms. The molecule has 2 N–H and O–H groups in total. The SMILES string of the molecule is CC(O)c1cc([N+](=O)[O-])ccc1OCC(=O)NCC#N. The number of nitriles is 1. The zero-order valence-electron chi connectivity index (χ0n) is 10.7. The molecule has 0 aromatic heterocycles. The van der Waals surface area contributed by atoms with Crippen molar-refractivity contribution in [3.05, 3.63) is 33.9 Å². The quantitative estimate of drug-likeness (QED) is 0.447. The lowest BCUT2D eigenvalue weighted by molar-refractivity contribution is -0.385. The molecule has 0 spiro atoms. The molecule has 1 aromatic rings. The van der Waals surface area contributed by atoms with E-state index in [2.05, 4.69) is 5.32 Å². The number of ether oxygens (including phenoxy) is 1. The molecule has 0 bridgehead atoms. The van der Waals surface area contributed by atoms with Crippen LogP contribution in [-0.4, -0.2) is 29.1 Å². The Labute approximate surface area is 114 Å². The molecule has 1 atom stereocenters. The van der Waals surface area contributed by atoms with Crippen LogP contribution in [-0.2, 0) is 4.79 Å². The van der Waals surface area contributed by atoms with Gasteiger partial charge in [0, 0.05) is 17.7 Å². The maximum atomic E-state index is 11.3. The molecule has 0 aliphatic rings. The Bertz CT molecular complexity index is 551. The maximum Gasteiger partial charge on any atom is 0.270 e. The number of carbonyl (C=O) groups excluding carboxylic acids is 1. The number of non-ortho nitro benzene ring substituents is 1. The standard InChI is InChI=1S/C12H13N3O5/c1-8(16)10-6-9(15(18)19)2-3-11(10)20-7-12(17)14-5-4-13/h2-3,6,8,16H,5,7H2,1H3,(H,14,17). The largest absolute Gasteiger partial charge is 0.483 e. The fourth-order valence-corrected chi connectivity index (χ4v) is 1.44. The lowest BCUT2D eigenvalue weighted by Crippen LogP contribution is -2.29. The average molecular weight is 279 g/mol. The predicted molar refractivity (Wildman–Crippen MR) is 67.8 cm³/mol. The van der Waals surface area contributed by atoms with Gasteiger partial charge in [0.25, 0.3) is 11.6 Å². The van der Waals surface area contributed by atoms with Crippen molar-refractivity contribution in [2.24, 2.45) is 0 Å². The van der Waals surface area contributed by atoms with E-state index in [9.17, 15) is 20.0 Å². The van der Waals surface area contributed by atoms with Crippen molar-refractivity contribution >= 4 is 11.6 Å². The molecule has 0 saturated carbocycles.